The Morgan fingerprint density at radius 3 is 2.23 bits per heavy atom. The number of hydrazone groups is 1. The zero-order chi connectivity index (χ0) is 21.3. The lowest BCUT2D eigenvalue weighted by Crippen LogP contribution is -2.19. The SMILES string of the molecule is COc1ccc(C(=O)NN=C(/C=C/c2ccc([N+](=O)[O-])cc2)c2ccccc2)cc1. The van der Waals surface area contributed by atoms with Crippen LogP contribution in [-0.2, 0) is 0 Å². The molecule has 0 spiro atoms. The Morgan fingerprint density at radius 2 is 1.63 bits per heavy atom. The van der Waals surface area contributed by atoms with Crippen LogP contribution in [0.3, 0.4) is 0 Å². The minimum absolute atomic E-state index is 0.0239. The summed E-state index contributed by atoms with van der Waals surface area (Å²) in [4.78, 5) is 22.7. The molecule has 1 amide bonds. The molecule has 0 fully saturated rings. The van der Waals surface area contributed by atoms with E-state index in [1.165, 1.54) is 12.1 Å². The van der Waals surface area contributed by atoms with Gasteiger partial charge in [0, 0.05) is 23.3 Å². The van der Waals surface area contributed by atoms with Crippen LogP contribution in [-0.4, -0.2) is 23.7 Å². The molecule has 0 unspecified atom stereocenters. The smallest absolute Gasteiger partial charge is 0.271 e. The second kappa shape index (κ2) is 9.79. The molecule has 1 N–H and O–H groups in total. The van der Waals surface area contributed by atoms with Crippen molar-refractivity contribution >= 4 is 23.4 Å². The Kier molecular flexibility index (Phi) is 6.68. The topological polar surface area (TPSA) is 93.8 Å². The molecule has 150 valence electrons. The fourth-order valence-corrected chi connectivity index (χ4v) is 2.61. The number of methoxy groups -OCH3 is 1. The molecular formula is C23H19N3O4. The van der Waals surface area contributed by atoms with Gasteiger partial charge in [-0.05, 0) is 48.0 Å². The highest BCUT2D eigenvalue weighted by Crippen LogP contribution is 2.14. The number of hydrogen-bond acceptors (Lipinski definition) is 5. The van der Waals surface area contributed by atoms with Gasteiger partial charge >= 0.3 is 0 Å². The van der Waals surface area contributed by atoms with E-state index < -0.39 is 4.92 Å². The van der Waals surface area contributed by atoms with Crippen LogP contribution < -0.4 is 10.2 Å². The van der Waals surface area contributed by atoms with E-state index >= 15 is 0 Å². The number of carbonyl (C=O) groups excluding carboxylic acids is 1. The minimum Gasteiger partial charge on any atom is -0.497 e. The molecule has 3 aromatic carbocycles. The van der Waals surface area contributed by atoms with Gasteiger partial charge in [-0.25, -0.2) is 5.43 Å². The third-order valence-corrected chi connectivity index (χ3v) is 4.24. The van der Waals surface area contributed by atoms with Crippen molar-refractivity contribution in [3.8, 4) is 5.75 Å². The molecule has 0 aromatic heterocycles. The summed E-state index contributed by atoms with van der Waals surface area (Å²) < 4.78 is 5.09. The molecule has 0 aliphatic heterocycles. The van der Waals surface area contributed by atoms with Crippen molar-refractivity contribution in [3.63, 3.8) is 0 Å². The van der Waals surface area contributed by atoms with Crippen molar-refractivity contribution in [3.05, 3.63) is 112 Å². The van der Waals surface area contributed by atoms with Crippen LogP contribution in [0.4, 0.5) is 5.69 Å². The van der Waals surface area contributed by atoms with E-state index in [0.717, 1.165) is 11.1 Å². The van der Waals surface area contributed by atoms with Gasteiger partial charge in [-0.2, -0.15) is 5.10 Å². The van der Waals surface area contributed by atoms with E-state index in [-0.39, 0.29) is 11.6 Å². The maximum Gasteiger partial charge on any atom is 0.271 e. The average molecular weight is 401 g/mol. The number of non-ortho nitro benzene ring substituents is 1. The van der Waals surface area contributed by atoms with Gasteiger partial charge in [-0.3, -0.25) is 14.9 Å². The Morgan fingerprint density at radius 1 is 0.967 bits per heavy atom. The third-order valence-electron chi connectivity index (χ3n) is 4.24. The van der Waals surface area contributed by atoms with Crippen LogP contribution in [0.2, 0.25) is 0 Å². The summed E-state index contributed by atoms with van der Waals surface area (Å²) in [6.07, 6.45) is 3.51. The summed E-state index contributed by atoms with van der Waals surface area (Å²) >= 11 is 0. The zero-order valence-corrected chi connectivity index (χ0v) is 16.2. The monoisotopic (exact) mass is 401 g/mol. The maximum atomic E-state index is 12.4. The zero-order valence-electron chi connectivity index (χ0n) is 16.2. The molecule has 0 atom stereocenters. The van der Waals surface area contributed by atoms with E-state index in [1.54, 1.807) is 55.7 Å². The Bertz CT molecular complexity index is 1070. The lowest BCUT2D eigenvalue weighted by molar-refractivity contribution is -0.384. The number of benzene rings is 3. The fourth-order valence-electron chi connectivity index (χ4n) is 2.61. The number of carbonyl (C=O) groups is 1. The number of nitro benzene ring substituents is 1. The standard InChI is InChI=1S/C23H19N3O4/c1-30-21-14-10-19(11-15-21)23(27)25-24-22(18-5-3-2-4-6-18)16-9-17-7-12-20(13-8-17)26(28)29/h2-16H,1H3,(H,25,27)/b16-9+,24-22?. The first-order valence-corrected chi connectivity index (χ1v) is 9.07. The first kappa shape index (κ1) is 20.5. The summed E-state index contributed by atoms with van der Waals surface area (Å²) in [7, 11) is 1.56. The number of rotatable bonds is 7. The van der Waals surface area contributed by atoms with Gasteiger partial charge in [0.05, 0.1) is 17.7 Å². The van der Waals surface area contributed by atoms with Crippen molar-refractivity contribution < 1.29 is 14.5 Å². The molecular weight excluding hydrogens is 382 g/mol. The molecule has 0 bridgehead atoms. The van der Waals surface area contributed by atoms with Gasteiger partial charge < -0.3 is 4.74 Å². The molecule has 0 saturated carbocycles. The van der Waals surface area contributed by atoms with Gasteiger partial charge in [-0.1, -0.05) is 36.4 Å². The highest BCUT2D eigenvalue weighted by molar-refractivity contribution is 6.11. The Balaban J connectivity index is 1.81. The van der Waals surface area contributed by atoms with Gasteiger partial charge in [0.15, 0.2) is 0 Å². The molecule has 3 rings (SSSR count). The van der Waals surface area contributed by atoms with Gasteiger partial charge in [0.1, 0.15) is 5.75 Å². The van der Waals surface area contributed by atoms with E-state index in [4.69, 9.17) is 4.74 Å². The lowest BCUT2D eigenvalue weighted by Gasteiger charge is -2.05. The largest absolute Gasteiger partial charge is 0.497 e. The predicted octanol–water partition coefficient (Wildman–Crippen LogP) is 4.45. The molecule has 0 heterocycles. The molecule has 0 radical (unpaired) electrons. The number of ether oxygens (including phenoxy) is 1. The molecule has 0 aliphatic rings. The molecule has 7 heteroatoms. The second-order valence-corrected chi connectivity index (χ2v) is 6.21. The minimum atomic E-state index is -0.445. The first-order valence-electron chi connectivity index (χ1n) is 9.07. The van der Waals surface area contributed by atoms with E-state index in [2.05, 4.69) is 10.5 Å². The normalized spacial score (nSPS) is 11.3. The van der Waals surface area contributed by atoms with Gasteiger partial charge in [0.25, 0.3) is 11.6 Å². The van der Waals surface area contributed by atoms with Crippen LogP contribution in [0.15, 0.2) is 90.0 Å². The van der Waals surface area contributed by atoms with Crippen molar-refractivity contribution in [2.24, 2.45) is 5.10 Å². The maximum absolute atomic E-state index is 12.4. The van der Waals surface area contributed by atoms with Crippen LogP contribution in [0.5, 0.6) is 5.75 Å². The van der Waals surface area contributed by atoms with Crippen molar-refractivity contribution in [1.29, 1.82) is 0 Å². The van der Waals surface area contributed by atoms with Gasteiger partial charge in [-0.15, -0.1) is 0 Å². The van der Waals surface area contributed by atoms with Crippen molar-refractivity contribution in [1.82, 2.24) is 5.43 Å². The highest BCUT2D eigenvalue weighted by Gasteiger charge is 2.07. The predicted molar refractivity (Wildman–Crippen MR) is 116 cm³/mol. The van der Waals surface area contributed by atoms with Crippen LogP contribution in [0, 0.1) is 10.1 Å². The van der Waals surface area contributed by atoms with Crippen LogP contribution >= 0.6 is 0 Å². The second-order valence-electron chi connectivity index (χ2n) is 6.21. The van der Waals surface area contributed by atoms with Crippen LogP contribution in [0.1, 0.15) is 21.5 Å². The van der Waals surface area contributed by atoms with E-state index in [1.807, 2.05) is 30.3 Å². The van der Waals surface area contributed by atoms with E-state index in [9.17, 15) is 14.9 Å². The summed E-state index contributed by atoms with van der Waals surface area (Å²) in [6, 6.07) is 22.2. The fraction of sp³-hybridized carbons (Fsp3) is 0.0435. The Labute approximate surface area is 173 Å². The number of nitro groups is 1. The first-order chi connectivity index (χ1) is 14.6. The molecule has 30 heavy (non-hydrogen) atoms. The summed E-state index contributed by atoms with van der Waals surface area (Å²) in [5, 5.41) is 15.1. The molecule has 3 aromatic rings. The summed E-state index contributed by atoms with van der Waals surface area (Å²) in [5.74, 6) is 0.306. The number of allylic oxidation sites excluding steroid dienone is 1. The van der Waals surface area contributed by atoms with Crippen molar-refractivity contribution in [2.75, 3.05) is 7.11 Å². The van der Waals surface area contributed by atoms with E-state index in [0.29, 0.717) is 17.0 Å². The number of nitrogens with zero attached hydrogens (tertiary/aromatic N) is 2. The third kappa shape index (κ3) is 5.39. The number of nitrogens with one attached hydrogen (secondary N) is 1. The number of hydrogen-bond donors (Lipinski definition) is 1. The summed E-state index contributed by atoms with van der Waals surface area (Å²) in [5.41, 5.74) is 5.15. The van der Waals surface area contributed by atoms with Crippen molar-refractivity contribution in [2.45, 2.75) is 0 Å². The molecule has 7 nitrogen and oxygen atoms in total. The summed E-state index contributed by atoms with van der Waals surface area (Å²) in [6.45, 7) is 0. The Hall–Kier alpha value is -4.26. The highest BCUT2D eigenvalue weighted by atomic mass is 16.6. The quantitative estimate of drug-likeness (QED) is 0.359. The van der Waals surface area contributed by atoms with Crippen LogP contribution in [0.25, 0.3) is 6.08 Å². The van der Waals surface area contributed by atoms with Gasteiger partial charge in [0.2, 0.25) is 0 Å². The molecule has 0 aliphatic carbocycles. The average Bonchev–Trinajstić information content (AvgIpc) is 2.80. The molecule has 0 saturated heterocycles. The lowest BCUT2D eigenvalue weighted by atomic mass is 10.1. The number of amides is 1.